The topological polar surface area (TPSA) is 54.0 Å². The standard InChI is InChI=1S/C21H21ClN3OPS/c1-23-28-19-7-6-15(20(22)10-19)13-25-21(26)17-8-16(11-24-12-17)14-4-2-3-5-18(27)9-14/h3-12,23H,2,13,27H2,1H3,(H,25,26). The highest BCUT2D eigenvalue weighted by atomic mass is 35.5. The van der Waals surface area contributed by atoms with Gasteiger partial charge in [0.2, 0.25) is 0 Å². The lowest BCUT2D eigenvalue weighted by Gasteiger charge is -2.10. The second kappa shape index (κ2) is 10.0. The molecule has 144 valence electrons. The van der Waals surface area contributed by atoms with Gasteiger partial charge in [0.1, 0.15) is 0 Å². The Morgan fingerprint density at radius 1 is 1.32 bits per heavy atom. The van der Waals surface area contributed by atoms with E-state index in [1.165, 1.54) is 11.9 Å². The number of hydrogen-bond donors (Lipinski definition) is 2. The molecule has 0 saturated carbocycles. The number of halogens is 1. The third-order valence-corrected chi connectivity index (χ3v) is 5.53. The zero-order valence-corrected chi connectivity index (χ0v) is 18.1. The molecule has 28 heavy (non-hydrogen) atoms. The Bertz CT molecular complexity index is 972. The molecule has 1 aromatic carbocycles. The Balaban J connectivity index is 1.70. The van der Waals surface area contributed by atoms with E-state index in [4.69, 9.17) is 11.6 Å². The number of hydrogen-bond acceptors (Lipinski definition) is 4. The Morgan fingerprint density at radius 3 is 2.96 bits per heavy atom. The molecule has 1 heterocycles. The van der Waals surface area contributed by atoms with Crippen molar-refractivity contribution in [3.8, 4) is 0 Å². The van der Waals surface area contributed by atoms with Gasteiger partial charge < -0.3 is 5.32 Å². The van der Waals surface area contributed by atoms with E-state index in [0.717, 1.165) is 33.3 Å². The maximum absolute atomic E-state index is 12.6. The van der Waals surface area contributed by atoms with E-state index in [0.29, 0.717) is 17.1 Å². The monoisotopic (exact) mass is 429 g/mol. The molecule has 7 heteroatoms. The molecule has 1 aliphatic carbocycles. The lowest BCUT2D eigenvalue weighted by Crippen LogP contribution is -2.23. The second-order valence-corrected chi connectivity index (χ2v) is 8.30. The number of nitrogens with zero attached hydrogens (tertiary/aromatic N) is 1. The van der Waals surface area contributed by atoms with Gasteiger partial charge in [-0.25, -0.2) is 0 Å². The number of amides is 1. The van der Waals surface area contributed by atoms with E-state index in [1.807, 2.05) is 31.3 Å². The first kappa shape index (κ1) is 20.8. The largest absolute Gasteiger partial charge is 0.348 e. The first-order valence-electron chi connectivity index (χ1n) is 8.76. The van der Waals surface area contributed by atoms with Crippen LogP contribution in [0.4, 0.5) is 0 Å². The summed E-state index contributed by atoms with van der Waals surface area (Å²) in [6, 6.07) is 7.63. The first-order valence-corrected chi connectivity index (χ1v) is 10.5. The van der Waals surface area contributed by atoms with E-state index in [-0.39, 0.29) is 5.91 Å². The van der Waals surface area contributed by atoms with Crippen molar-refractivity contribution in [2.75, 3.05) is 7.05 Å². The summed E-state index contributed by atoms with van der Waals surface area (Å²) in [4.78, 5) is 17.9. The highest BCUT2D eigenvalue weighted by molar-refractivity contribution is 7.97. The second-order valence-electron chi connectivity index (χ2n) is 6.15. The summed E-state index contributed by atoms with van der Waals surface area (Å²) < 4.78 is 3.01. The average Bonchev–Trinajstić information content (AvgIpc) is 2.92. The van der Waals surface area contributed by atoms with Gasteiger partial charge in [0.15, 0.2) is 0 Å². The Morgan fingerprint density at radius 2 is 2.18 bits per heavy atom. The van der Waals surface area contributed by atoms with Crippen molar-refractivity contribution in [3.63, 3.8) is 0 Å². The van der Waals surface area contributed by atoms with E-state index in [9.17, 15) is 4.79 Å². The minimum atomic E-state index is -0.179. The van der Waals surface area contributed by atoms with Crippen LogP contribution in [0.3, 0.4) is 0 Å². The van der Waals surface area contributed by atoms with Gasteiger partial charge in [-0.05, 0) is 66.1 Å². The number of allylic oxidation sites excluding steroid dienone is 6. The molecule has 1 atom stereocenters. The molecule has 3 rings (SSSR count). The van der Waals surface area contributed by atoms with Gasteiger partial charge in [-0.2, -0.15) is 0 Å². The van der Waals surface area contributed by atoms with Crippen molar-refractivity contribution in [3.05, 3.63) is 88.0 Å². The van der Waals surface area contributed by atoms with Crippen LogP contribution in [-0.2, 0) is 6.54 Å². The van der Waals surface area contributed by atoms with E-state index in [1.54, 1.807) is 12.4 Å². The lowest BCUT2D eigenvalue weighted by atomic mass is 10.0. The predicted molar refractivity (Wildman–Crippen MR) is 121 cm³/mol. The molecule has 1 aliphatic rings. The SMILES string of the molecule is CNSc1ccc(CNC(=O)c2cncc(C3=CCC=CC(P)=C3)c2)c(Cl)c1. The molecular formula is C21H21ClN3OPS. The zero-order chi connectivity index (χ0) is 19.9. The van der Waals surface area contributed by atoms with Crippen LogP contribution in [-0.4, -0.2) is 17.9 Å². The quantitative estimate of drug-likeness (QED) is 0.501. The number of benzene rings is 1. The molecule has 0 bridgehead atoms. The minimum Gasteiger partial charge on any atom is -0.348 e. The number of rotatable bonds is 6. The number of nitrogens with one attached hydrogen (secondary N) is 2. The van der Waals surface area contributed by atoms with Gasteiger partial charge in [-0.15, -0.1) is 9.24 Å². The molecule has 0 radical (unpaired) electrons. The van der Waals surface area contributed by atoms with E-state index < -0.39 is 0 Å². The number of carbonyl (C=O) groups is 1. The number of pyridine rings is 1. The minimum absolute atomic E-state index is 0.179. The van der Waals surface area contributed by atoms with Crippen LogP contribution >= 0.6 is 32.8 Å². The number of aromatic nitrogens is 1. The predicted octanol–water partition coefficient (Wildman–Crippen LogP) is 4.99. The van der Waals surface area contributed by atoms with Crippen LogP contribution in [0, 0.1) is 0 Å². The van der Waals surface area contributed by atoms with Crippen molar-refractivity contribution in [2.24, 2.45) is 0 Å². The zero-order valence-electron chi connectivity index (χ0n) is 15.4. The van der Waals surface area contributed by atoms with Gasteiger partial charge in [-0.1, -0.05) is 35.9 Å². The first-order chi connectivity index (χ1) is 13.6. The van der Waals surface area contributed by atoms with Crippen LogP contribution in [0.15, 0.2) is 71.2 Å². The third-order valence-electron chi connectivity index (χ3n) is 4.12. The van der Waals surface area contributed by atoms with Crippen molar-refractivity contribution >= 4 is 44.3 Å². The number of carbonyl (C=O) groups excluding carboxylic acids is 1. The van der Waals surface area contributed by atoms with Crippen LogP contribution in [0.5, 0.6) is 0 Å². The molecule has 1 amide bonds. The summed E-state index contributed by atoms with van der Waals surface area (Å²) in [5.41, 5.74) is 3.36. The van der Waals surface area contributed by atoms with Crippen LogP contribution in [0.25, 0.3) is 5.57 Å². The van der Waals surface area contributed by atoms with Crippen molar-refractivity contribution in [1.29, 1.82) is 0 Å². The van der Waals surface area contributed by atoms with Gasteiger partial charge in [0, 0.05) is 34.4 Å². The third kappa shape index (κ3) is 5.55. The lowest BCUT2D eigenvalue weighted by molar-refractivity contribution is 0.0950. The normalized spacial score (nSPS) is 13.5. The van der Waals surface area contributed by atoms with Crippen LogP contribution in [0.1, 0.15) is 27.9 Å². The van der Waals surface area contributed by atoms with Crippen molar-refractivity contribution in [1.82, 2.24) is 15.0 Å². The Labute approximate surface area is 176 Å². The molecule has 1 unspecified atom stereocenters. The fourth-order valence-electron chi connectivity index (χ4n) is 2.74. The highest BCUT2D eigenvalue weighted by Gasteiger charge is 2.10. The molecule has 4 nitrogen and oxygen atoms in total. The Hall–Kier alpha value is -1.91. The van der Waals surface area contributed by atoms with E-state index in [2.05, 4.69) is 48.6 Å². The van der Waals surface area contributed by atoms with Crippen LogP contribution in [0.2, 0.25) is 5.02 Å². The summed E-state index contributed by atoms with van der Waals surface area (Å²) in [6.45, 7) is 0.356. The summed E-state index contributed by atoms with van der Waals surface area (Å²) in [5.74, 6) is -0.179. The maximum atomic E-state index is 12.6. The molecule has 0 aliphatic heterocycles. The molecule has 2 aromatic rings. The smallest absolute Gasteiger partial charge is 0.253 e. The van der Waals surface area contributed by atoms with E-state index >= 15 is 0 Å². The highest BCUT2D eigenvalue weighted by Crippen LogP contribution is 2.25. The molecule has 0 fully saturated rings. The maximum Gasteiger partial charge on any atom is 0.253 e. The molecule has 0 saturated heterocycles. The van der Waals surface area contributed by atoms with Gasteiger partial charge in [0.05, 0.1) is 5.56 Å². The summed E-state index contributed by atoms with van der Waals surface area (Å²) in [7, 11) is 4.56. The van der Waals surface area contributed by atoms with Crippen molar-refractivity contribution in [2.45, 2.75) is 17.9 Å². The summed E-state index contributed by atoms with van der Waals surface area (Å²) >= 11 is 7.81. The van der Waals surface area contributed by atoms with Gasteiger partial charge >= 0.3 is 0 Å². The molecule has 2 N–H and O–H groups in total. The molecule has 0 spiro atoms. The molecular weight excluding hydrogens is 409 g/mol. The summed E-state index contributed by atoms with van der Waals surface area (Å²) in [5, 5.41) is 4.64. The average molecular weight is 430 g/mol. The fourth-order valence-corrected chi connectivity index (χ4v) is 3.92. The Kier molecular flexibility index (Phi) is 7.46. The molecule has 1 aromatic heterocycles. The van der Waals surface area contributed by atoms with Gasteiger partial charge in [-0.3, -0.25) is 14.5 Å². The van der Waals surface area contributed by atoms with Gasteiger partial charge in [0.25, 0.3) is 5.91 Å². The van der Waals surface area contributed by atoms with Crippen LogP contribution < -0.4 is 10.0 Å². The summed E-state index contributed by atoms with van der Waals surface area (Å²) in [6.07, 6.45) is 12.5. The van der Waals surface area contributed by atoms with Crippen molar-refractivity contribution < 1.29 is 4.79 Å². The fraction of sp³-hybridized carbons (Fsp3) is 0.143.